The molecule has 5 atom stereocenters. The van der Waals surface area contributed by atoms with E-state index < -0.39 is 8.32 Å². The molecular weight excluding hydrogens is 492 g/mol. The Balaban J connectivity index is 1.87. The first kappa shape index (κ1) is 30.2. The highest BCUT2D eigenvalue weighted by Gasteiger charge is 2.52. The molecule has 1 saturated carbocycles. The van der Waals surface area contributed by atoms with Crippen LogP contribution in [0.25, 0.3) is 0 Å². The Morgan fingerprint density at radius 2 is 2.00 bits per heavy atom. The second kappa shape index (κ2) is 12.7. The van der Waals surface area contributed by atoms with Crippen LogP contribution in [0.2, 0.25) is 18.1 Å². The van der Waals surface area contributed by atoms with Gasteiger partial charge in [0.05, 0.1) is 12.7 Å². The SMILES string of the molecule is CC#CC[C@H](C)C(=O)/C=C/[C@@H]1[C@H]2c3cccc(CCCC(=O)OCC)c3O[C@H]2C[C@H]1O[Si](C)(C)C(C)(C)C. The van der Waals surface area contributed by atoms with Crippen LogP contribution in [0, 0.1) is 23.7 Å². The Hall–Kier alpha value is -2.36. The molecule has 0 aromatic heterocycles. The molecule has 1 aliphatic heterocycles. The fraction of sp³-hybridized carbons (Fsp3) is 0.625. The number of ketones is 1. The number of carbonyl (C=O) groups excluding carboxylic acids is 2. The third kappa shape index (κ3) is 6.98. The van der Waals surface area contributed by atoms with E-state index in [9.17, 15) is 9.59 Å². The molecule has 0 unspecified atom stereocenters. The van der Waals surface area contributed by atoms with Crippen molar-refractivity contribution in [2.24, 2.45) is 11.8 Å². The van der Waals surface area contributed by atoms with Crippen molar-refractivity contribution in [1.29, 1.82) is 0 Å². The molecule has 1 aromatic carbocycles. The highest BCUT2D eigenvalue weighted by atomic mass is 28.4. The van der Waals surface area contributed by atoms with Crippen LogP contribution in [0.5, 0.6) is 5.75 Å². The first-order valence-corrected chi connectivity index (χ1v) is 17.0. The van der Waals surface area contributed by atoms with Crippen molar-refractivity contribution in [3.05, 3.63) is 41.5 Å². The summed E-state index contributed by atoms with van der Waals surface area (Å²) in [5, 5.41) is 0.0903. The first-order valence-electron chi connectivity index (χ1n) is 14.1. The van der Waals surface area contributed by atoms with E-state index in [1.54, 1.807) is 13.0 Å². The van der Waals surface area contributed by atoms with E-state index >= 15 is 0 Å². The average Bonchev–Trinajstić information content (AvgIpc) is 3.36. The topological polar surface area (TPSA) is 61.8 Å². The highest BCUT2D eigenvalue weighted by Crippen LogP contribution is 2.54. The van der Waals surface area contributed by atoms with Crippen molar-refractivity contribution in [2.45, 2.75) is 110 Å². The zero-order valence-electron chi connectivity index (χ0n) is 24.6. The van der Waals surface area contributed by atoms with Gasteiger partial charge in [0.15, 0.2) is 14.1 Å². The fourth-order valence-corrected chi connectivity index (χ4v) is 6.57. The molecular formula is C32H46O5Si. The molecule has 0 spiro atoms. The van der Waals surface area contributed by atoms with E-state index in [1.807, 2.05) is 13.8 Å². The molecule has 208 valence electrons. The van der Waals surface area contributed by atoms with Crippen LogP contribution in [0.3, 0.4) is 0 Å². The molecule has 6 heteroatoms. The van der Waals surface area contributed by atoms with Gasteiger partial charge < -0.3 is 13.9 Å². The molecule has 0 radical (unpaired) electrons. The quantitative estimate of drug-likeness (QED) is 0.131. The van der Waals surface area contributed by atoms with Crippen LogP contribution in [0.1, 0.15) is 84.3 Å². The number of aryl methyl sites for hydroxylation is 1. The summed E-state index contributed by atoms with van der Waals surface area (Å²) >= 11 is 0. The van der Waals surface area contributed by atoms with E-state index in [-0.39, 0.29) is 46.8 Å². The number of carbonyl (C=O) groups is 2. The van der Waals surface area contributed by atoms with Crippen molar-refractivity contribution in [3.8, 4) is 17.6 Å². The normalized spacial score (nSPS) is 23.3. The molecule has 3 rings (SSSR count). The zero-order chi connectivity index (χ0) is 28.1. The van der Waals surface area contributed by atoms with E-state index in [0.717, 1.165) is 30.6 Å². The number of hydrogen-bond donors (Lipinski definition) is 0. The molecule has 1 heterocycles. The lowest BCUT2D eigenvalue weighted by Crippen LogP contribution is -2.45. The molecule has 0 N–H and O–H groups in total. The van der Waals surface area contributed by atoms with Gasteiger partial charge in [0, 0.05) is 42.6 Å². The maximum atomic E-state index is 12.9. The van der Waals surface area contributed by atoms with Gasteiger partial charge in [0.25, 0.3) is 0 Å². The van der Waals surface area contributed by atoms with E-state index in [4.69, 9.17) is 13.9 Å². The largest absolute Gasteiger partial charge is 0.489 e. The molecule has 1 aliphatic carbocycles. The van der Waals surface area contributed by atoms with Gasteiger partial charge in [-0.3, -0.25) is 9.59 Å². The van der Waals surface area contributed by atoms with Crippen LogP contribution in [0.15, 0.2) is 30.4 Å². The van der Waals surface area contributed by atoms with Gasteiger partial charge in [0.2, 0.25) is 0 Å². The van der Waals surface area contributed by atoms with Gasteiger partial charge in [-0.15, -0.1) is 11.8 Å². The number of para-hydroxylation sites is 1. The Labute approximate surface area is 230 Å². The third-order valence-corrected chi connectivity index (χ3v) is 12.9. The lowest BCUT2D eigenvalue weighted by Gasteiger charge is -2.40. The number of fused-ring (bicyclic) bond motifs is 3. The van der Waals surface area contributed by atoms with Crippen molar-refractivity contribution in [2.75, 3.05) is 6.61 Å². The van der Waals surface area contributed by atoms with Crippen LogP contribution in [-0.4, -0.2) is 38.9 Å². The minimum Gasteiger partial charge on any atom is -0.489 e. The second-order valence-corrected chi connectivity index (χ2v) is 17.0. The maximum absolute atomic E-state index is 12.9. The Morgan fingerprint density at radius 3 is 2.66 bits per heavy atom. The molecule has 0 amide bonds. The predicted molar refractivity (Wildman–Crippen MR) is 155 cm³/mol. The third-order valence-electron chi connectivity index (χ3n) is 8.40. The first-order chi connectivity index (χ1) is 17.9. The Morgan fingerprint density at radius 1 is 1.26 bits per heavy atom. The molecule has 5 nitrogen and oxygen atoms in total. The lowest BCUT2D eigenvalue weighted by atomic mass is 9.86. The summed E-state index contributed by atoms with van der Waals surface area (Å²) in [6.45, 7) is 17.3. The van der Waals surface area contributed by atoms with Crippen molar-refractivity contribution >= 4 is 20.1 Å². The predicted octanol–water partition coefficient (Wildman–Crippen LogP) is 7.00. The van der Waals surface area contributed by atoms with E-state index in [2.05, 4.69) is 70.0 Å². The van der Waals surface area contributed by atoms with E-state index in [0.29, 0.717) is 19.4 Å². The second-order valence-electron chi connectivity index (χ2n) is 12.2. The minimum atomic E-state index is -2.03. The van der Waals surface area contributed by atoms with Crippen LogP contribution >= 0.6 is 0 Å². The Kier molecular flexibility index (Phi) is 10.1. The molecule has 38 heavy (non-hydrogen) atoms. The Bertz CT molecular complexity index is 1090. The standard InChI is InChI=1S/C32H46O5Si/c1-9-11-14-22(3)26(33)20-19-24-27(37-38(7,8)32(4,5)6)21-28-30(24)25-17-12-15-23(31(25)36-28)16-13-18-29(34)35-10-2/h12,15,17,19-20,22,24,27-28,30H,10,13-14,16,18,21H2,1-8H3/b20-19+/t22-,24-,27+,28-,30-/m0/s1. The van der Waals surface area contributed by atoms with Crippen LogP contribution < -0.4 is 4.74 Å². The lowest BCUT2D eigenvalue weighted by molar-refractivity contribution is -0.143. The molecule has 2 aliphatic rings. The number of ether oxygens (including phenoxy) is 2. The summed E-state index contributed by atoms with van der Waals surface area (Å²) in [6, 6.07) is 6.34. The number of rotatable bonds is 11. The molecule has 1 aromatic rings. The van der Waals surface area contributed by atoms with Crippen LogP contribution in [0.4, 0.5) is 0 Å². The van der Waals surface area contributed by atoms with Crippen molar-refractivity contribution < 1.29 is 23.5 Å². The van der Waals surface area contributed by atoms with Crippen LogP contribution in [-0.2, 0) is 25.2 Å². The summed E-state index contributed by atoms with van der Waals surface area (Å²) in [4.78, 5) is 24.7. The maximum Gasteiger partial charge on any atom is 0.305 e. The van der Waals surface area contributed by atoms with Crippen molar-refractivity contribution in [1.82, 2.24) is 0 Å². The minimum absolute atomic E-state index is 0.00121. The molecule has 0 bridgehead atoms. The van der Waals surface area contributed by atoms with Crippen molar-refractivity contribution in [3.63, 3.8) is 0 Å². The summed E-state index contributed by atoms with van der Waals surface area (Å²) in [5.74, 6) is 6.88. The van der Waals surface area contributed by atoms with Gasteiger partial charge in [0.1, 0.15) is 11.9 Å². The summed E-state index contributed by atoms with van der Waals surface area (Å²) in [5.41, 5.74) is 2.32. The summed E-state index contributed by atoms with van der Waals surface area (Å²) in [7, 11) is -2.03. The monoisotopic (exact) mass is 538 g/mol. The summed E-state index contributed by atoms with van der Waals surface area (Å²) < 4.78 is 18.7. The van der Waals surface area contributed by atoms with Gasteiger partial charge in [-0.25, -0.2) is 0 Å². The number of benzene rings is 1. The van der Waals surface area contributed by atoms with E-state index in [1.165, 1.54) is 5.56 Å². The fourth-order valence-electron chi connectivity index (χ4n) is 5.21. The molecule has 1 fully saturated rings. The van der Waals surface area contributed by atoms with Gasteiger partial charge >= 0.3 is 5.97 Å². The number of esters is 1. The van der Waals surface area contributed by atoms with Gasteiger partial charge in [-0.05, 0) is 56.5 Å². The summed E-state index contributed by atoms with van der Waals surface area (Å²) in [6.07, 6.45) is 7.13. The average molecular weight is 539 g/mol. The zero-order valence-corrected chi connectivity index (χ0v) is 25.6. The van der Waals surface area contributed by atoms with Gasteiger partial charge in [-0.2, -0.15) is 0 Å². The molecule has 0 saturated heterocycles. The van der Waals surface area contributed by atoms with Gasteiger partial charge in [-0.1, -0.05) is 52.0 Å². The highest BCUT2D eigenvalue weighted by molar-refractivity contribution is 6.74. The number of hydrogen-bond acceptors (Lipinski definition) is 5. The number of allylic oxidation sites excluding steroid dienone is 1. The smallest absolute Gasteiger partial charge is 0.305 e.